The van der Waals surface area contributed by atoms with Crippen LogP contribution in [0.15, 0.2) is 164 Å². The maximum absolute atomic E-state index is 11.3. The first-order chi connectivity index (χ1) is 32.9. The standard InChI is InChI=1S/C17H20O.C10H14.3C9H13N.6C2H6/c1-16(2,3)17(18,14-10-6-4-7-11-14)15-12-8-5-9-13-15;1-10(2,3)9-7-5-4-6-8-9;1-9(2,3)8-4-6-10-7-5-8;1-9(2,3)8-5-4-6-10-7-8;1-9(2,3)8-6-4-5-7-10-8;6*1-2/h4-13,18H,1-3H3;4-8H,1-3H3;3*4-7H,1-3H3;6*1-2H3. The summed E-state index contributed by atoms with van der Waals surface area (Å²) in [6, 6.07) is 44.5. The zero-order chi connectivity index (χ0) is 55.7. The van der Waals surface area contributed by atoms with Gasteiger partial charge >= 0.3 is 0 Å². The van der Waals surface area contributed by atoms with Crippen molar-refractivity contribution in [1.82, 2.24) is 15.0 Å². The van der Waals surface area contributed by atoms with E-state index >= 15 is 0 Å². The maximum atomic E-state index is 11.3. The fourth-order valence-electron chi connectivity index (χ4n) is 5.79. The molecule has 0 saturated heterocycles. The van der Waals surface area contributed by atoms with E-state index in [9.17, 15) is 5.11 Å². The summed E-state index contributed by atoms with van der Waals surface area (Å²) in [5.41, 5.74) is 6.74. The topological polar surface area (TPSA) is 58.9 Å². The molecule has 0 fully saturated rings. The number of hydrogen-bond acceptors (Lipinski definition) is 4. The molecule has 1 N–H and O–H groups in total. The zero-order valence-electron chi connectivity index (χ0n) is 50.4. The van der Waals surface area contributed by atoms with Crippen molar-refractivity contribution in [3.05, 3.63) is 198 Å². The fourth-order valence-corrected chi connectivity index (χ4v) is 5.79. The van der Waals surface area contributed by atoms with Crippen LogP contribution in [0.1, 0.15) is 220 Å². The van der Waals surface area contributed by atoms with Crippen LogP contribution >= 0.6 is 0 Å². The second-order valence-corrected chi connectivity index (χ2v) is 19.8. The molecule has 0 atom stereocenters. The van der Waals surface area contributed by atoms with Crippen LogP contribution in [0.2, 0.25) is 0 Å². The number of nitrogens with zero attached hydrogens (tertiary/aromatic N) is 3. The van der Waals surface area contributed by atoms with Gasteiger partial charge in [-0.2, -0.15) is 0 Å². The fraction of sp³-hybridized carbons (Fsp3) is 0.500. The van der Waals surface area contributed by atoms with E-state index in [-0.39, 0.29) is 21.7 Å². The Bertz CT molecular complexity index is 1710. The molecule has 394 valence electrons. The van der Waals surface area contributed by atoms with E-state index in [4.69, 9.17) is 0 Å². The molecule has 70 heavy (non-hydrogen) atoms. The van der Waals surface area contributed by atoms with E-state index < -0.39 is 5.60 Å². The molecule has 0 saturated carbocycles. The summed E-state index contributed by atoms with van der Waals surface area (Å²) < 4.78 is 0. The minimum Gasteiger partial charge on any atom is -0.380 e. The van der Waals surface area contributed by atoms with Crippen molar-refractivity contribution in [2.24, 2.45) is 5.41 Å². The number of aliphatic hydroxyl groups is 1. The molecule has 0 amide bonds. The number of aromatic nitrogens is 3. The van der Waals surface area contributed by atoms with Gasteiger partial charge in [-0.05, 0) is 79.8 Å². The minimum absolute atomic E-state index is 0.182. The Hall–Kier alpha value is -4.93. The third kappa shape index (κ3) is 31.3. The highest BCUT2D eigenvalue weighted by Gasteiger charge is 2.43. The number of rotatable bonds is 2. The van der Waals surface area contributed by atoms with Crippen LogP contribution in [0.25, 0.3) is 0 Å². The largest absolute Gasteiger partial charge is 0.380 e. The summed E-state index contributed by atoms with van der Waals surface area (Å²) >= 11 is 0. The van der Waals surface area contributed by atoms with Gasteiger partial charge in [0, 0.05) is 42.1 Å². The summed E-state index contributed by atoms with van der Waals surface area (Å²) in [6.07, 6.45) is 9.22. The Morgan fingerprint density at radius 1 is 0.286 bits per heavy atom. The SMILES string of the molecule is CC.CC.CC.CC.CC.CC.CC(C)(C)C(O)(c1ccccc1)c1ccccc1.CC(C)(C)c1ccccc1.CC(C)(C)c1ccccn1.CC(C)(C)c1cccnc1.CC(C)(C)c1ccncc1. The summed E-state index contributed by atoms with van der Waals surface area (Å²) in [5, 5.41) is 11.3. The molecule has 6 aromatic rings. The second-order valence-electron chi connectivity index (χ2n) is 19.8. The van der Waals surface area contributed by atoms with Gasteiger partial charge in [-0.25, -0.2) is 0 Å². The van der Waals surface area contributed by atoms with Crippen LogP contribution in [-0.2, 0) is 27.3 Å². The lowest BCUT2D eigenvalue weighted by molar-refractivity contribution is -0.0259. The van der Waals surface area contributed by atoms with Crippen molar-refractivity contribution in [2.75, 3.05) is 0 Å². The zero-order valence-corrected chi connectivity index (χ0v) is 50.4. The normalized spacial score (nSPS) is 10.3. The smallest absolute Gasteiger partial charge is 0.119 e. The van der Waals surface area contributed by atoms with E-state index in [1.807, 2.05) is 187 Å². The van der Waals surface area contributed by atoms with Crippen molar-refractivity contribution in [1.29, 1.82) is 0 Å². The van der Waals surface area contributed by atoms with Gasteiger partial charge in [-0.15, -0.1) is 0 Å². The average molecular weight is 961 g/mol. The van der Waals surface area contributed by atoms with Gasteiger partial charge in [0.15, 0.2) is 0 Å². The molecule has 0 radical (unpaired) electrons. The van der Waals surface area contributed by atoms with Crippen LogP contribution in [-0.4, -0.2) is 20.1 Å². The molecule has 3 heterocycles. The summed E-state index contributed by atoms with van der Waals surface area (Å²) in [6.45, 7) is 56.5. The Labute approximate surface area is 435 Å². The quantitative estimate of drug-likeness (QED) is 0.188. The van der Waals surface area contributed by atoms with E-state index in [0.29, 0.717) is 5.41 Å². The predicted molar refractivity (Wildman–Crippen MR) is 317 cm³/mol. The van der Waals surface area contributed by atoms with Crippen LogP contribution in [0, 0.1) is 5.41 Å². The van der Waals surface area contributed by atoms with Crippen molar-refractivity contribution in [2.45, 2.75) is 214 Å². The molecule has 3 aromatic carbocycles. The first kappa shape index (κ1) is 74.0. The van der Waals surface area contributed by atoms with Crippen molar-refractivity contribution in [3.8, 4) is 0 Å². The average Bonchev–Trinajstić information content (AvgIpc) is 3.38. The third-order valence-corrected chi connectivity index (χ3v) is 9.62. The predicted octanol–water partition coefficient (Wildman–Crippen LogP) is 20.2. The maximum Gasteiger partial charge on any atom is 0.119 e. The molecule has 0 aliphatic heterocycles. The Balaban J connectivity index is -0.000000243. The van der Waals surface area contributed by atoms with Gasteiger partial charge in [-0.3, -0.25) is 15.0 Å². The molecule has 4 heteroatoms. The van der Waals surface area contributed by atoms with Crippen molar-refractivity contribution in [3.63, 3.8) is 0 Å². The molecule has 3 aromatic heterocycles. The highest BCUT2D eigenvalue weighted by Crippen LogP contribution is 2.44. The van der Waals surface area contributed by atoms with Gasteiger partial charge in [-0.1, -0.05) is 290 Å². The van der Waals surface area contributed by atoms with Gasteiger partial charge in [0.05, 0.1) is 0 Å². The first-order valence-electron chi connectivity index (χ1n) is 26.5. The molecule has 0 aliphatic rings. The highest BCUT2D eigenvalue weighted by atomic mass is 16.3. The molecular weight excluding hydrogens is 851 g/mol. The Morgan fingerprint density at radius 2 is 0.600 bits per heavy atom. The number of benzene rings is 3. The lowest BCUT2D eigenvalue weighted by Crippen LogP contribution is -2.41. The summed E-state index contributed by atoms with van der Waals surface area (Å²) in [5.74, 6) is 0. The second kappa shape index (κ2) is 40.8. The van der Waals surface area contributed by atoms with E-state index in [1.54, 1.807) is 6.20 Å². The van der Waals surface area contributed by atoms with Gasteiger partial charge in [0.2, 0.25) is 0 Å². The molecular formula is C66H109N3O. The van der Waals surface area contributed by atoms with Crippen LogP contribution in [0.5, 0.6) is 0 Å². The molecule has 0 aliphatic carbocycles. The van der Waals surface area contributed by atoms with E-state index in [2.05, 4.69) is 173 Å². The summed E-state index contributed by atoms with van der Waals surface area (Å²) in [7, 11) is 0. The number of hydrogen-bond donors (Lipinski definition) is 1. The monoisotopic (exact) mass is 960 g/mol. The Morgan fingerprint density at radius 3 is 0.814 bits per heavy atom. The lowest BCUT2D eigenvalue weighted by atomic mass is 9.68. The van der Waals surface area contributed by atoms with E-state index in [0.717, 1.165) is 16.8 Å². The third-order valence-electron chi connectivity index (χ3n) is 9.62. The molecule has 0 unspecified atom stereocenters. The van der Waals surface area contributed by atoms with Crippen LogP contribution < -0.4 is 0 Å². The Kier molecular flexibility index (Phi) is 43.1. The van der Waals surface area contributed by atoms with Gasteiger partial charge in [0.1, 0.15) is 5.60 Å². The molecule has 4 nitrogen and oxygen atoms in total. The van der Waals surface area contributed by atoms with Crippen LogP contribution in [0.3, 0.4) is 0 Å². The summed E-state index contributed by atoms with van der Waals surface area (Å²) in [4.78, 5) is 12.3. The first-order valence-corrected chi connectivity index (χ1v) is 26.5. The molecule has 6 rings (SSSR count). The molecule has 0 bridgehead atoms. The van der Waals surface area contributed by atoms with Gasteiger partial charge < -0.3 is 5.11 Å². The van der Waals surface area contributed by atoms with Crippen LogP contribution in [0.4, 0.5) is 0 Å². The highest BCUT2D eigenvalue weighted by molar-refractivity contribution is 5.38. The minimum atomic E-state index is -0.977. The van der Waals surface area contributed by atoms with Gasteiger partial charge in [0.25, 0.3) is 0 Å². The number of pyridine rings is 3. The van der Waals surface area contributed by atoms with Crippen molar-refractivity contribution >= 4 is 0 Å². The van der Waals surface area contributed by atoms with Crippen molar-refractivity contribution < 1.29 is 5.11 Å². The molecule has 0 spiro atoms. The van der Waals surface area contributed by atoms with E-state index in [1.165, 1.54) is 16.7 Å². The lowest BCUT2D eigenvalue weighted by Gasteiger charge is -2.41.